The molecule has 3 rings (SSSR count). The SMILES string of the molecule is O=C(N/N=C/c1cccnc1)c1ccccc1-n1cccc1. The number of carbonyl (C=O) groups is 1. The van der Waals surface area contributed by atoms with Gasteiger partial charge in [0.25, 0.3) is 5.91 Å². The maximum Gasteiger partial charge on any atom is 0.273 e. The van der Waals surface area contributed by atoms with Crippen molar-refractivity contribution in [1.82, 2.24) is 15.0 Å². The van der Waals surface area contributed by atoms with Crippen LogP contribution in [0.3, 0.4) is 0 Å². The molecule has 0 unspecified atom stereocenters. The van der Waals surface area contributed by atoms with E-state index in [2.05, 4.69) is 15.5 Å². The number of para-hydroxylation sites is 1. The van der Waals surface area contributed by atoms with Crippen LogP contribution in [0.5, 0.6) is 0 Å². The Balaban J connectivity index is 1.77. The molecule has 0 aliphatic heterocycles. The standard InChI is InChI=1S/C17H14N4O/c22-17(20-19-13-14-6-5-9-18-12-14)15-7-1-2-8-16(15)21-10-3-4-11-21/h1-13H,(H,20,22)/b19-13+. The lowest BCUT2D eigenvalue weighted by Crippen LogP contribution is -2.19. The summed E-state index contributed by atoms with van der Waals surface area (Å²) in [5.74, 6) is -0.260. The minimum Gasteiger partial charge on any atom is -0.323 e. The van der Waals surface area contributed by atoms with Crippen molar-refractivity contribution in [3.8, 4) is 5.69 Å². The van der Waals surface area contributed by atoms with Crippen molar-refractivity contribution in [2.75, 3.05) is 0 Å². The first-order valence-electron chi connectivity index (χ1n) is 6.80. The molecule has 0 atom stereocenters. The minimum absolute atomic E-state index is 0.260. The molecular formula is C17H14N4O. The third-order valence-corrected chi connectivity index (χ3v) is 3.10. The van der Waals surface area contributed by atoms with E-state index in [4.69, 9.17) is 0 Å². The summed E-state index contributed by atoms with van der Waals surface area (Å²) in [6.07, 6.45) is 8.70. The largest absolute Gasteiger partial charge is 0.323 e. The molecule has 1 aromatic carbocycles. The molecular weight excluding hydrogens is 276 g/mol. The second-order valence-corrected chi connectivity index (χ2v) is 4.59. The third kappa shape index (κ3) is 3.09. The van der Waals surface area contributed by atoms with E-state index in [1.807, 2.05) is 59.4 Å². The maximum absolute atomic E-state index is 12.3. The highest BCUT2D eigenvalue weighted by atomic mass is 16.2. The van der Waals surface area contributed by atoms with Crippen LogP contribution in [-0.4, -0.2) is 21.7 Å². The second-order valence-electron chi connectivity index (χ2n) is 4.59. The van der Waals surface area contributed by atoms with Gasteiger partial charge in [-0.05, 0) is 30.3 Å². The lowest BCUT2D eigenvalue weighted by atomic mass is 10.1. The molecule has 0 aliphatic rings. The van der Waals surface area contributed by atoms with Crippen LogP contribution in [0.15, 0.2) is 78.4 Å². The number of rotatable bonds is 4. The van der Waals surface area contributed by atoms with Crippen molar-refractivity contribution in [2.45, 2.75) is 0 Å². The first kappa shape index (κ1) is 13.8. The molecule has 22 heavy (non-hydrogen) atoms. The molecule has 0 fully saturated rings. The van der Waals surface area contributed by atoms with Crippen molar-refractivity contribution < 1.29 is 4.79 Å². The van der Waals surface area contributed by atoms with Crippen molar-refractivity contribution >= 4 is 12.1 Å². The van der Waals surface area contributed by atoms with Crippen molar-refractivity contribution in [1.29, 1.82) is 0 Å². The zero-order valence-electron chi connectivity index (χ0n) is 11.8. The summed E-state index contributed by atoms with van der Waals surface area (Å²) in [4.78, 5) is 16.3. The van der Waals surface area contributed by atoms with Crippen LogP contribution in [0.25, 0.3) is 5.69 Å². The molecule has 108 valence electrons. The molecule has 0 saturated heterocycles. The van der Waals surface area contributed by atoms with E-state index in [1.54, 1.807) is 24.7 Å². The zero-order valence-corrected chi connectivity index (χ0v) is 11.8. The van der Waals surface area contributed by atoms with E-state index in [-0.39, 0.29) is 5.91 Å². The van der Waals surface area contributed by atoms with Crippen LogP contribution in [0.2, 0.25) is 0 Å². The average Bonchev–Trinajstić information content (AvgIpc) is 3.10. The summed E-state index contributed by atoms with van der Waals surface area (Å²) in [6, 6.07) is 14.9. The Labute approximate surface area is 127 Å². The fourth-order valence-corrected chi connectivity index (χ4v) is 2.06. The Bertz CT molecular complexity index is 779. The van der Waals surface area contributed by atoms with Crippen LogP contribution in [0.1, 0.15) is 15.9 Å². The molecule has 1 amide bonds. The summed E-state index contributed by atoms with van der Waals surface area (Å²) in [5, 5.41) is 3.97. The first-order chi connectivity index (χ1) is 10.8. The quantitative estimate of drug-likeness (QED) is 0.593. The van der Waals surface area contributed by atoms with Crippen LogP contribution >= 0.6 is 0 Å². The normalized spacial score (nSPS) is 10.7. The molecule has 2 aromatic heterocycles. The van der Waals surface area contributed by atoms with E-state index < -0.39 is 0 Å². The van der Waals surface area contributed by atoms with Gasteiger partial charge in [0.15, 0.2) is 0 Å². The Morgan fingerprint density at radius 2 is 1.91 bits per heavy atom. The highest BCUT2D eigenvalue weighted by molar-refractivity contribution is 5.98. The molecule has 3 aromatic rings. The van der Waals surface area contributed by atoms with Gasteiger partial charge in [0.05, 0.1) is 17.5 Å². The number of amides is 1. The van der Waals surface area contributed by atoms with Crippen molar-refractivity contribution in [3.05, 3.63) is 84.4 Å². The van der Waals surface area contributed by atoms with Crippen LogP contribution in [0.4, 0.5) is 0 Å². The summed E-state index contributed by atoms with van der Waals surface area (Å²) in [5.41, 5.74) is 4.72. The molecule has 0 saturated carbocycles. The predicted octanol–water partition coefficient (Wildman–Crippen LogP) is 2.64. The Kier molecular flexibility index (Phi) is 4.06. The lowest BCUT2D eigenvalue weighted by molar-refractivity contribution is 0.0955. The zero-order chi connectivity index (χ0) is 15.2. The van der Waals surface area contributed by atoms with Crippen molar-refractivity contribution in [3.63, 3.8) is 0 Å². The highest BCUT2D eigenvalue weighted by Gasteiger charge is 2.10. The van der Waals surface area contributed by atoms with Gasteiger partial charge >= 0.3 is 0 Å². The first-order valence-corrected chi connectivity index (χ1v) is 6.80. The summed E-state index contributed by atoms with van der Waals surface area (Å²) < 4.78 is 1.89. The maximum atomic E-state index is 12.3. The number of hydrogen-bond acceptors (Lipinski definition) is 3. The predicted molar refractivity (Wildman–Crippen MR) is 85.1 cm³/mol. The number of nitrogens with zero attached hydrogens (tertiary/aromatic N) is 3. The fraction of sp³-hybridized carbons (Fsp3) is 0. The number of benzene rings is 1. The lowest BCUT2D eigenvalue weighted by Gasteiger charge is -2.08. The number of hydrogen-bond donors (Lipinski definition) is 1. The monoisotopic (exact) mass is 290 g/mol. The van der Waals surface area contributed by atoms with E-state index in [0.29, 0.717) is 5.56 Å². The van der Waals surface area contributed by atoms with Gasteiger partial charge in [-0.3, -0.25) is 9.78 Å². The Morgan fingerprint density at radius 3 is 2.68 bits per heavy atom. The van der Waals surface area contributed by atoms with Gasteiger partial charge < -0.3 is 4.57 Å². The van der Waals surface area contributed by atoms with Gasteiger partial charge in [0.2, 0.25) is 0 Å². The molecule has 0 radical (unpaired) electrons. The number of aromatic nitrogens is 2. The Hall–Kier alpha value is -3.21. The second kappa shape index (κ2) is 6.49. The summed E-state index contributed by atoms with van der Waals surface area (Å²) in [6.45, 7) is 0. The minimum atomic E-state index is -0.260. The van der Waals surface area contributed by atoms with E-state index in [9.17, 15) is 4.79 Å². The molecule has 5 heteroatoms. The van der Waals surface area contributed by atoms with E-state index >= 15 is 0 Å². The van der Waals surface area contributed by atoms with Gasteiger partial charge in [-0.25, -0.2) is 5.43 Å². The molecule has 0 aliphatic carbocycles. The number of pyridine rings is 1. The summed E-state index contributed by atoms with van der Waals surface area (Å²) in [7, 11) is 0. The van der Waals surface area contributed by atoms with Crippen LogP contribution < -0.4 is 5.43 Å². The summed E-state index contributed by atoms with van der Waals surface area (Å²) >= 11 is 0. The molecule has 0 bridgehead atoms. The molecule has 1 N–H and O–H groups in total. The highest BCUT2D eigenvalue weighted by Crippen LogP contribution is 2.14. The van der Waals surface area contributed by atoms with Gasteiger partial charge in [-0.2, -0.15) is 5.10 Å². The molecule has 5 nitrogen and oxygen atoms in total. The van der Waals surface area contributed by atoms with Crippen molar-refractivity contribution in [2.24, 2.45) is 5.10 Å². The average molecular weight is 290 g/mol. The number of hydrazone groups is 1. The topological polar surface area (TPSA) is 59.3 Å². The number of nitrogens with one attached hydrogen (secondary N) is 1. The van der Waals surface area contributed by atoms with E-state index in [1.165, 1.54) is 0 Å². The molecule has 2 heterocycles. The van der Waals surface area contributed by atoms with Gasteiger partial charge in [-0.15, -0.1) is 0 Å². The number of carbonyl (C=O) groups excluding carboxylic acids is 1. The van der Waals surface area contributed by atoms with Gasteiger partial charge in [0.1, 0.15) is 0 Å². The Morgan fingerprint density at radius 1 is 1.09 bits per heavy atom. The van der Waals surface area contributed by atoms with Crippen LogP contribution in [0, 0.1) is 0 Å². The smallest absolute Gasteiger partial charge is 0.273 e. The van der Waals surface area contributed by atoms with Gasteiger partial charge in [-0.1, -0.05) is 18.2 Å². The fourth-order valence-electron chi connectivity index (χ4n) is 2.06. The third-order valence-electron chi connectivity index (χ3n) is 3.10. The van der Waals surface area contributed by atoms with Crippen LogP contribution in [-0.2, 0) is 0 Å². The van der Waals surface area contributed by atoms with Gasteiger partial charge in [0, 0.05) is 30.4 Å². The molecule has 0 spiro atoms. The van der Waals surface area contributed by atoms with E-state index in [0.717, 1.165) is 11.3 Å².